The van der Waals surface area contributed by atoms with Crippen molar-refractivity contribution in [3.63, 3.8) is 0 Å². The smallest absolute Gasteiger partial charge is 0.508 e. The molecular formula is C10H11N5O11. The van der Waals surface area contributed by atoms with Crippen LogP contribution in [0.3, 0.4) is 0 Å². The molecule has 0 aliphatic carbocycles. The Morgan fingerprint density at radius 2 is 1.31 bits per heavy atom. The van der Waals surface area contributed by atoms with Crippen molar-refractivity contribution in [2.24, 2.45) is 5.73 Å². The maximum atomic E-state index is 10.4. The zero-order valence-electron chi connectivity index (χ0n) is 12.5. The normalized spacial score (nSPS) is 11.4. The van der Waals surface area contributed by atoms with Crippen LogP contribution in [0.25, 0.3) is 0 Å². The first kappa shape index (κ1) is 22.0. The van der Waals surface area contributed by atoms with Crippen molar-refractivity contribution in [3.8, 4) is 5.75 Å². The lowest BCUT2D eigenvalue weighted by molar-refractivity contribution is -1.11. The molecular weight excluding hydrogens is 366 g/mol. The number of phenols is 1. The molecule has 4 N–H and O–H groups in total. The van der Waals surface area contributed by atoms with Crippen LogP contribution >= 0.6 is 0 Å². The summed E-state index contributed by atoms with van der Waals surface area (Å²) in [6, 6.07) is 5.42. The van der Waals surface area contributed by atoms with Crippen molar-refractivity contribution >= 4 is 5.97 Å². The number of carbonyl (C=O) groups is 1. The Labute approximate surface area is 142 Å². The van der Waals surface area contributed by atoms with E-state index in [9.17, 15) is 45.3 Å². The fourth-order valence-corrected chi connectivity index (χ4v) is 1.37. The predicted molar refractivity (Wildman–Crippen MR) is 78.1 cm³/mol. The van der Waals surface area contributed by atoms with Crippen LogP contribution in [0.2, 0.25) is 0 Å². The Bertz CT molecular complexity index is 657. The van der Waals surface area contributed by atoms with Crippen molar-refractivity contribution < 1.29 is 34.7 Å². The number of rotatable bonds is 7. The molecule has 1 atom stereocenters. The zero-order chi connectivity index (χ0) is 20.7. The van der Waals surface area contributed by atoms with Crippen LogP contribution in [-0.2, 0) is 11.2 Å². The molecule has 0 amide bonds. The molecule has 16 heteroatoms. The molecule has 1 rings (SSSR count). The number of hydrogen-bond acceptors (Lipinski definition) is 11. The summed E-state index contributed by atoms with van der Waals surface area (Å²) >= 11 is 0. The van der Waals surface area contributed by atoms with Gasteiger partial charge in [0.2, 0.25) is 0 Å². The summed E-state index contributed by atoms with van der Waals surface area (Å²) in [6.07, 6.45) is 0.273. The quantitative estimate of drug-likeness (QED) is 0.295. The minimum atomic E-state index is -4.61. The Morgan fingerprint density at radius 1 is 0.962 bits per heavy atom. The lowest BCUT2D eigenvalue weighted by Crippen LogP contribution is -2.59. The molecule has 0 aliphatic heterocycles. The van der Waals surface area contributed by atoms with Crippen LogP contribution < -0.4 is 5.73 Å². The molecule has 0 heterocycles. The number of nitrogens with two attached hydrogens (primary N) is 1. The molecule has 0 radical (unpaired) electrons. The Kier molecular flexibility index (Phi) is 7.44. The average Bonchev–Trinajstić information content (AvgIpc) is 2.49. The molecule has 0 spiro atoms. The number of aliphatic carboxylic acids is 1. The summed E-state index contributed by atoms with van der Waals surface area (Å²) in [7, 11) is 0. The van der Waals surface area contributed by atoms with Gasteiger partial charge in [-0.1, -0.05) is 12.1 Å². The fraction of sp³-hybridized carbons (Fsp3) is 0.300. The zero-order valence-corrected chi connectivity index (χ0v) is 12.5. The van der Waals surface area contributed by atoms with E-state index < -0.39 is 37.6 Å². The first-order chi connectivity index (χ1) is 11.9. The van der Waals surface area contributed by atoms with Crippen LogP contribution in [0, 0.1) is 40.5 Å². The topological polar surface area (TPSA) is 256 Å². The van der Waals surface area contributed by atoms with Gasteiger partial charge in [0.25, 0.3) is 19.7 Å². The largest absolute Gasteiger partial charge is 0.955 e. The molecule has 26 heavy (non-hydrogen) atoms. The molecule has 0 saturated carbocycles. The molecule has 16 nitrogen and oxygen atoms in total. The summed E-state index contributed by atoms with van der Waals surface area (Å²) in [5.41, 5.74) is 6.12. The molecule has 1 aromatic carbocycles. The van der Waals surface area contributed by atoms with E-state index in [1.807, 2.05) is 0 Å². The van der Waals surface area contributed by atoms with Gasteiger partial charge in [0.1, 0.15) is 11.8 Å². The van der Waals surface area contributed by atoms with Gasteiger partial charge < -0.3 is 15.9 Å². The minimum absolute atomic E-state index is 0.160. The summed E-state index contributed by atoms with van der Waals surface area (Å²) < 4.78 is 0. The molecule has 0 bridgehead atoms. The van der Waals surface area contributed by atoms with E-state index in [0.29, 0.717) is 0 Å². The van der Waals surface area contributed by atoms with Crippen LogP contribution in [-0.4, -0.2) is 47.8 Å². The van der Waals surface area contributed by atoms with E-state index in [2.05, 4.69) is 0 Å². The van der Waals surface area contributed by atoms with Crippen molar-refractivity contribution in [1.29, 1.82) is 0 Å². The monoisotopic (exact) mass is 377 g/mol. The highest BCUT2D eigenvalue weighted by Crippen LogP contribution is 2.12. The molecule has 142 valence electrons. The number of hydrogen-bond donors (Lipinski definition) is 3. The molecule has 0 aromatic heterocycles. The van der Waals surface area contributed by atoms with Crippen LogP contribution in [0.1, 0.15) is 5.56 Å². The highest BCUT2D eigenvalue weighted by atomic mass is 16.8. The van der Waals surface area contributed by atoms with E-state index in [1.165, 1.54) is 12.1 Å². The van der Waals surface area contributed by atoms with Crippen molar-refractivity contribution in [3.05, 3.63) is 70.3 Å². The summed E-state index contributed by atoms with van der Waals surface area (Å²) in [5.74, 6) is -5.47. The van der Waals surface area contributed by atoms with Gasteiger partial charge in [-0.25, -0.2) is 40.5 Å². The average molecular weight is 377 g/mol. The van der Waals surface area contributed by atoms with Gasteiger partial charge in [-0.3, -0.25) is 4.79 Å². The van der Waals surface area contributed by atoms with Crippen LogP contribution in [0.5, 0.6) is 5.75 Å². The second-order valence-corrected chi connectivity index (χ2v) is 4.44. The third-order valence-corrected chi connectivity index (χ3v) is 2.69. The Morgan fingerprint density at radius 3 is 1.54 bits per heavy atom. The lowest BCUT2D eigenvalue weighted by Gasteiger charge is -2.05. The minimum Gasteiger partial charge on any atom is -0.508 e. The highest BCUT2D eigenvalue weighted by Gasteiger charge is 2.85. The maximum absolute atomic E-state index is 10.4. The maximum Gasteiger partial charge on any atom is 0.955 e. The summed E-state index contributed by atoms with van der Waals surface area (Å²) in [6.45, 7) is 0. The van der Waals surface area contributed by atoms with Crippen LogP contribution in [0.4, 0.5) is 0 Å². The number of nitro groups is 4. The third kappa shape index (κ3) is 5.03. The highest BCUT2D eigenvalue weighted by molar-refractivity contribution is 5.73. The number of benzene rings is 1. The van der Waals surface area contributed by atoms with Gasteiger partial charge in [-0.2, -0.15) is 0 Å². The second-order valence-electron chi connectivity index (χ2n) is 4.44. The summed E-state index contributed by atoms with van der Waals surface area (Å²) in [5, 5.41) is 56.8. The molecule has 1 aromatic rings. The van der Waals surface area contributed by atoms with Gasteiger partial charge in [-0.05, 0) is 24.1 Å². The SMILES string of the molecule is NC(Cc1ccc(O)cc1)C(=O)O.O=[N+]([O-])C([N+](=O)[O-])([N+](=O)[O-])[N+](=O)[O-]. The van der Waals surface area contributed by atoms with Gasteiger partial charge in [0.15, 0.2) is 0 Å². The third-order valence-electron chi connectivity index (χ3n) is 2.69. The standard InChI is InChI=1S/C9H11NO3.CN4O8/c10-8(9(12)13)5-6-1-3-7(11)4-2-6;6-2(7)1(3(8)9,4(10)11)5(12)13/h1-4,8,11H,5,10H2,(H,12,13);. The summed E-state index contributed by atoms with van der Waals surface area (Å²) in [4.78, 5) is 41.0. The Balaban J connectivity index is 0.000000481. The lowest BCUT2D eigenvalue weighted by atomic mass is 10.1. The Hall–Kier alpha value is -3.95. The van der Waals surface area contributed by atoms with E-state index in [0.717, 1.165) is 5.56 Å². The number of carboxylic acids is 1. The van der Waals surface area contributed by atoms with Gasteiger partial charge >= 0.3 is 11.9 Å². The van der Waals surface area contributed by atoms with Crippen LogP contribution in [0.15, 0.2) is 24.3 Å². The van der Waals surface area contributed by atoms with Gasteiger partial charge in [0, 0.05) is 0 Å². The fourth-order valence-electron chi connectivity index (χ4n) is 1.37. The predicted octanol–water partition coefficient (Wildman–Crippen LogP) is -0.949. The molecule has 0 saturated heterocycles. The van der Waals surface area contributed by atoms with E-state index in [1.54, 1.807) is 12.1 Å². The first-order valence-electron chi connectivity index (χ1n) is 6.21. The molecule has 0 fully saturated rings. The molecule has 0 aliphatic rings. The van der Waals surface area contributed by atoms with E-state index >= 15 is 0 Å². The van der Waals surface area contributed by atoms with Crippen molar-refractivity contribution in [1.82, 2.24) is 0 Å². The molecule has 1 unspecified atom stereocenters. The number of carboxylic acid groups (broad SMARTS) is 1. The number of aromatic hydroxyl groups is 1. The van der Waals surface area contributed by atoms with E-state index in [4.69, 9.17) is 15.9 Å². The first-order valence-corrected chi connectivity index (χ1v) is 6.21. The second kappa shape index (κ2) is 8.78. The van der Waals surface area contributed by atoms with Gasteiger partial charge in [-0.15, -0.1) is 0 Å². The van der Waals surface area contributed by atoms with Gasteiger partial charge in [0.05, 0.1) is 0 Å². The van der Waals surface area contributed by atoms with Crippen molar-refractivity contribution in [2.75, 3.05) is 0 Å². The number of phenolic OH excluding ortho intramolecular Hbond substituents is 1. The number of nitrogens with zero attached hydrogens (tertiary/aromatic N) is 4. The van der Waals surface area contributed by atoms with Crippen molar-refractivity contribution in [2.45, 2.75) is 18.4 Å². The van der Waals surface area contributed by atoms with E-state index in [-0.39, 0.29) is 12.2 Å².